The molecule has 1 fully saturated rings. The number of nitrogens with zero attached hydrogens (tertiary/aromatic N) is 1. The first-order valence-electron chi connectivity index (χ1n) is 4.84. The molecule has 1 rings (SSSR count). The number of piperidine rings is 1. The summed E-state index contributed by atoms with van der Waals surface area (Å²) in [6, 6.07) is 0.580. The van der Waals surface area contributed by atoms with E-state index in [2.05, 4.69) is 18.4 Å². The largest absolute Gasteiger partial charge is 0.329 e. The smallest absolute Gasteiger partial charge is 0.0247 e. The molecule has 12 heavy (non-hydrogen) atoms. The van der Waals surface area contributed by atoms with Gasteiger partial charge in [0, 0.05) is 19.1 Å². The van der Waals surface area contributed by atoms with Crippen LogP contribution in [-0.4, -0.2) is 30.6 Å². The van der Waals surface area contributed by atoms with Crippen molar-refractivity contribution in [3.8, 4) is 0 Å². The molecular weight excluding hydrogens is 148 g/mol. The second kappa shape index (κ2) is 4.63. The fourth-order valence-electron chi connectivity index (χ4n) is 2.11. The molecule has 0 aromatic rings. The molecule has 2 atom stereocenters. The summed E-state index contributed by atoms with van der Waals surface area (Å²) in [4.78, 5) is 2.45. The molecule has 0 spiro atoms. The molecule has 1 heterocycles. The van der Waals surface area contributed by atoms with Gasteiger partial charge in [-0.2, -0.15) is 0 Å². The Kier molecular flexibility index (Phi) is 3.76. The lowest BCUT2D eigenvalue weighted by Crippen LogP contribution is -2.48. The van der Waals surface area contributed by atoms with Gasteiger partial charge in [-0.05, 0) is 25.3 Å². The fourth-order valence-corrected chi connectivity index (χ4v) is 2.11. The van der Waals surface area contributed by atoms with Crippen LogP contribution in [0.2, 0.25) is 0 Å². The van der Waals surface area contributed by atoms with Crippen LogP contribution in [0.3, 0.4) is 0 Å². The number of nitrogens with two attached hydrogens (primary N) is 1. The highest BCUT2D eigenvalue weighted by Crippen LogP contribution is 2.21. The first-order chi connectivity index (χ1) is 5.79. The van der Waals surface area contributed by atoms with Crippen molar-refractivity contribution >= 4 is 0 Å². The van der Waals surface area contributed by atoms with Crippen LogP contribution in [0, 0.1) is 5.92 Å². The zero-order chi connectivity index (χ0) is 8.97. The maximum Gasteiger partial charge on any atom is 0.0247 e. The summed E-state index contributed by atoms with van der Waals surface area (Å²) in [5, 5.41) is 0. The van der Waals surface area contributed by atoms with Crippen molar-refractivity contribution in [2.24, 2.45) is 11.7 Å². The maximum atomic E-state index is 5.74. The number of likely N-dealkylation sites (tertiary alicyclic amines) is 1. The van der Waals surface area contributed by atoms with E-state index in [1.807, 2.05) is 6.08 Å². The van der Waals surface area contributed by atoms with E-state index in [-0.39, 0.29) is 0 Å². The molecule has 1 aliphatic heterocycles. The summed E-state index contributed by atoms with van der Waals surface area (Å²) in [5.41, 5.74) is 5.74. The van der Waals surface area contributed by atoms with Crippen LogP contribution in [0.5, 0.6) is 0 Å². The predicted molar refractivity (Wildman–Crippen MR) is 53.0 cm³/mol. The van der Waals surface area contributed by atoms with Gasteiger partial charge in [-0.25, -0.2) is 0 Å². The molecular formula is C10H20N2. The minimum Gasteiger partial charge on any atom is -0.329 e. The van der Waals surface area contributed by atoms with Crippen LogP contribution in [0.1, 0.15) is 19.8 Å². The highest BCUT2D eigenvalue weighted by molar-refractivity contribution is 4.86. The summed E-state index contributed by atoms with van der Waals surface area (Å²) < 4.78 is 0. The molecule has 0 aromatic carbocycles. The number of hydrogen-bond acceptors (Lipinski definition) is 2. The van der Waals surface area contributed by atoms with Gasteiger partial charge in [-0.15, -0.1) is 6.58 Å². The van der Waals surface area contributed by atoms with Gasteiger partial charge < -0.3 is 5.73 Å². The van der Waals surface area contributed by atoms with Gasteiger partial charge in [0.1, 0.15) is 0 Å². The van der Waals surface area contributed by atoms with Crippen LogP contribution in [0.15, 0.2) is 12.7 Å². The van der Waals surface area contributed by atoms with Crippen LogP contribution in [0.25, 0.3) is 0 Å². The number of rotatable bonds is 3. The highest BCUT2D eigenvalue weighted by Gasteiger charge is 2.25. The highest BCUT2D eigenvalue weighted by atomic mass is 15.2. The van der Waals surface area contributed by atoms with Crippen molar-refractivity contribution in [2.75, 3.05) is 19.6 Å². The fraction of sp³-hybridized carbons (Fsp3) is 0.800. The number of hydrogen-bond donors (Lipinski definition) is 1. The van der Waals surface area contributed by atoms with Crippen molar-refractivity contribution in [2.45, 2.75) is 25.8 Å². The van der Waals surface area contributed by atoms with Crippen LogP contribution >= 0.6 is 0 Å². The summed E-state index contributed by atoms with van der Waals surface area (Å²) in [7, 11) is 0. The SMILES string of the molecule is C=CCN1CCCC(C)C1CN. The van der Waals surface area contributed by atoms with Crippen molar-refractivity contribution in [1.82, 2.24) is 4.90 Å². The third-order valence-electron chi connectivity index (χ3n) is 2.84. The Morgan fingerprint density at radius 1 is 1.67 bits per heavy atom. The van der Waals surface area contributed by atoms with Gasteiger partial charge in [0.25, 0.3) is 0 Å². The zero-order valence-corrected chi connectivity index (χ0v) is 8.00. The first-order valence-corrected chi connectivity index (χ1v) is 4.84. The van der Waals surface area contributed by atoms with Crippen molar-refractivity contribution < 1.29 is 0 Å². The molecule has 2 nitrogen and oxygen atoms in total. The van der Waals surface area contributed by atoms with E-state index in [0.717, 1.165) is 19.0 Å². The van der Waals surface area contributed by atoms with E-state index in [0.29, 0.717) is 6.04 Å². The quantitative estimate of drug-likeness (QED) is 0.642. The molecule has 0 radical (unpaired) electrons. The Morgan fingerprint density at radius 2 is 2.42 bits per heavy atom. The Bertz CT molecular complexity index is 145. The normalized spacial score (nSPS) is 31.8. The molecule has 70 valence electrons. The molecule has 1 aliphatic rings. The maximum absolute atomic E-state index is 5.74. The van der Waals surface area contributed by atoms with E-state index < -0.39 is 0 Å². The van der Waals surface area contributed by atoms with Gasteiger partial charge in [0.05, 0.1) is 0 Å². The summed E-state index contributed by atoms with van der Waals surface area (Å²) in [5.74, 6) is 0.753. The van der Waals surface area contributed by atoms with Gasteiger partial charge >= 0.3 is 0 Å². The molecule has 2 heteroatoms. The molecule has 0 bridgehead atoms. The molecule has 2 N–H and O–H groups in total. The Labute approximate surface area is 75.4 Å². The van der Waals surface area contributed by atoms with Crippen molar-refractivity contribution in [3.05, 3.63) is 12.7 Å². The van der Waals surface area contributed by atoms with Gasteiger partial charge in [0.2, 0.25) is 0 Å². The van der Waals surface area contributed by atoms with Gasteiger partial charge in [-0.3, -0.25) is 4.90 Å². The van der Waals surface area contributed by atoms with E-state index in [9.17, 15) is 0 Å². The zero-order valence-electron chi connectivity index (χ0n) is 8.00. The van der Waals surface area contributed by atoms with Gasteiger partial charge in [-0.1, -0.05) is 13.0 Å². The third-order valence-corrected chi connectivity index (χ3v) is 2.84. The Balaban J connectivity index is 2.51. The molecule has 0 aromatic heterocycles. The Morgan fingerprint density at radius 3 is 3.00 bits per heavy atom. The average molecular weight is 168 g/mol. The topological polar surface area (TPSA) is 29.3 Å². The molecule has 0 saturated carbocycles. The summed E-state index contributed by atoms with van der Waals surface area (Å²) in [6.45, 7) is 9.04. The molecule has 2 unspecified atom stereocenters. The first kappa shape index (κ1) is 9.75. The lowest BCUT2D eigenvalue weighted by atomic mass is 9.91. The van der Waals surface area contributed by atoms with E-state index >= 15 is 0 Å². The predicted octanol–water partition coefficient (Wildman–Crippen LogP) is 1.23. The van der Waals surface area contributed by atoms with Gasteiger partial charge in [0.15, 0.2) is 0 Å². The van der Waals surface area contributed by atoms with E-state index in [1.165, 1.54) is 19.4 Å². The molecule has 0 amide bonds. The summed E-state index contributed by atoms with van der Waals surface area (Å²) >= 11 is 0. The monoisotopic (exact) mass is 168 g/mol. The standard InChI is InChI=1S/C10H20N2/c1-3-6-12-7-4-5-9(2)10(12)8-11/h3,9-10H,1,4-8,11H2,2H3. The second-order valence-corrected chi connectivity index (χ2v) is 3.71. The lowest BCUT2D eigenvalue weighted by molar-refractivity contribution is 0.120. The third kappa shape index (κ3) is 2.08. The average Bonchev–Trinajstić information content (AvgIpc) is 2.05. The van der Waals surface area contributed by atoms with E-state index in [4.69, 9.17) is 5.73 Å². The van der Waals surface area contributed by atoms with Crippen LogP contribution in [0.4, 0.5) is 0 Å². The van der Waals surface area contributed by atoms with Crippen LogP contribution in [-0.2, 0) is 0 Å². The minimum atomic E-state index is 0.580. The molecule has 0 aliphatic carbocycles. The molecule has 1 saturated heterocycles. The summed E-state index contributed by atoms with van der Waals surface area (Å²) in [6.07, 6.45) is 4.61. The van der Waals surface area contributed by atoms with E-state index in [1.54, 1.807) is 0 Å². The lowest BCUT2D eigenvalue weighted by Gasteiger charge is -2.38. The van der Waals surface area contributed by atoms with Crippen LogP contribution < -0.4 is 5.73 Å². The second-order valence-electron chi connectivity index (χ2n) is 3.71. The van der Waals surface area contributed by atoms with Crippen molar-refractivity contribution in [1.29, 1.82) is 0 Å². The Hall–Kier alpha value is -0.340. The van der Waals surface area contributed by atoms with Crippen molar-refractivity contribution in [3.63, 3.8) is 0 Å². The minimum absolute atomic E-state index is 0.580.